The van der Waals surface area contributed by atoms with Gasteiger partial charge >= 0.3 is 5.97 Å². The second-order valence-corrected chi connectivity index (χ2v) is 8.47. The fraction of sp³-hybridized carbons (Fsp3) is 0.360. The molecule has 0 unspecified atom stereocenters. The summed E-state index contributed by atoms with van der Waals surface area (Å²) >= 11 is 0. The number of carbonyl (C=O) groups excluding carboxylic acids is 4. The highest BCUT2D eigenvalue weighted by molar-refractivity contribution is 6.22. The Morgan fingerprint density at radius 1 is 0.903 bits per heavy atom. The Labute approximate surface area is 181 Å². The number of hydrogen-bond donors (Lipinski definition) is 0. The highest BCUT2D eigenvalue weighted by Crippen LogP contribution is 2.42. The first-order chi connectivity index (χ1) is 14.9. The molecule has 1 saturated carbocycles. The van der Waals surface area contributed by atoms with Crippen LogP contribution in [0.1, 0.15) is 53.8 Å². The number of esters is 1. The summed E-state index contributed by atoms with van der Waals surface area (Å²) in [5.74, 6) is -1.27. The van der Waals surface area contributed by atoms with Gasteiger partial charge in [-0.3, -0.25) is 19.3 Å². The third-order valence-corrected chi connectivity index (χ3v) is 6.26. The normalized spacial score (nSPS) is 23.9. The van der Waals surface area contributed by atoms with Crippen molar-refractivity contribution in [3.8, 4) is 0 Å². The Morgan fingerprint density at radius 2 is 1.55 bits per heavy atom. The first-order valence-electron chi connectivity index (χ1n) is 10.6. The molecule has 2 aliphatic rings. The van der Waals surface area contributed by atoms with E-state index in [-0.39, 0.29) is 35.0 Å². The minimum Gasteiger partial charge on any atom is -0.451 e. The number of imide groups is 1. The van der Waals surface area contributed by atoms with Crippen LogP contribution in [0.5, 0.6) is 0 Å². The maximum Gasteiger partial charge on any atom is 0.338 e. The van der Waals surface area contributed by atoms with Gasteiger partial charge in [-0.05, 0) is 56.4 Å². The van der Waals surface area contributed by atoms with Crippen molar-refractivity contribution in [3.05, 3.63) is 65.7 Å². The predicted octanol–water partition coefficient (Wildman–Crippen LogP) is 4.04. The van der Waals surface area contributed by atoms with Crippen molar-refractivity contribution in [3.63, 3.8) is 0 Å². The molecule has 160 valence electrons. The number of carbonyl (C=O) groups is 4. The molecule has 0 aromatic heterocycles. The van der Waals surface area contributed by atoms with Crippen molar-refractivity contribution in [1.29, 1.82) is 0 Å². The molecule has 0 spiro atoms. The van der Waals surface area contributed by atoms with Crippen molar-refractivity contribution in [2.45, 2.75) is 39.2 Å². The van der Waals surface area contributed by atoms with Gasteiger partial charge in [0.05, 0.1) is 23.1 Å². The lowest BCUT2D eigenvalue weighted by atomic mass is 9.76. The number of benzene rings is 2. The van der Waals surface area contributed by atoms with Gasteiger partial charge in [-0.25, -0.2) is 4.79 Å². The topological polar surface area (TPSA) is 80.8 Å². The quantitative estimate of drug-likeness (QED) is 0.415. The number of anilines is 1. The first-order valence-corrected chi connectivity index (χ1v) is 10.6. The zero-order valence-electron chi connectivity index (χ0n) is 17.6. The number of ketones is 1. The van der Waals surface area contributed by atoms with Crippen molar-refractivity contribution in [1.82, 2.24) is 0 Å². The summed E-state index contributed by atoms with van der Waals surface area (Å²) in [5.41, 5.74) is 1.18. The van der Waals surface area contributed by atoms with Crippen LogP contribution >= 0.6 is 0 Å². The van der Waals surface area contributed by atoms with Gasteiger partial charge in [-0.15, -0.1) is 0 Å². The summed E-state index contributed by atoms with van der Waals surface area (Å²) in [6.07, 6.45) is 1.51. The van der Waals surface area contributed by atoms with E-state index in [4.69, 9.17) is 4.74 Å². The molecule has 6 heteroatoms. The molecule has 1 aliphatic heterocycles. The monoisotopic (exact) mass is 419 g/mol. The molecule has 0 bridgehead atoms. The molecule has 2 aromatic carbocycles. The maximum absolute atomic E-state index is 12.8. The molecule has 0 N–H and O–H groups in total. The summed E-state index contributed by atoms with van der Waals surface area (Å²) in [6.45, 7) is 3.65. The molecule has 2 amide bonds. The van der Waals surface area contributed by atoms with Gasteiger partial charge in [0, 0.05) is 5.56 Å². The van der Waals surface area contributed by atoms with Crippen LogP contribution in [-0.2, 0) is 14.3 Å². The van der Waals surface area contributed by atoms with E-state index in [1.54, 1.807) is 42.5 Å². The van der Waals surface area contributed by atoms with E-state index < -0.39 is 12.1 Å². The smallest absolute Gasteiger partial charge is 0.338 e. The summed E-state index contributed by atoms with van der Waals surface area (Å²) in [4.78, 5) is 51.8. The van der Waals surface area contributed by atoms with Crippen LogP contribution in [0.25, 0.3) is 0 Å². The van der Waals surface area contributed by atoms with Crippen LogP contribution in [-0.4, -0.2) is 29.7 Å². The molecule has 2 aromatic rings. The average Bonchev–Trinajstić information content (AvgIpc) is 3.03. The van der Waals surface area contributed by atoms with Crippen LogP contribution in [0.4, 0.5) is 5.69 Å². The van der Waals surface area contributed by atoms with Crippen LogP contribution < -0.4 is 4.90 Å². The van der Waals surface area contributed by atoms with E-state index in [2.05, 4.69) is 6.92 Å². The van der Waals surface area contributed by atoms with E-state index in [0.29, 0.717) is 17.2 Å². The van der Waals surface area contributed by atoms with Crippen molar-refractivity contribution in [2.75, 3.05) is 4.90 Å². The van der Waals surface area contributed by atoms with Crippen LogP contribution in [0.15, 0.2) is 54.6 Å². The van der Waals surface area contributed by atoms with Gasteiger partial charge in [0.2, 0.25) is 17.6 Å². The van der Waals surface area contributed by atoms with Gasteiger partial charge in [0.15, 0.2) is 6.10 Å². The molecule has 6 nitrogen and oxygen atoms in total. The number of fused-ring (bicyclic) bond motifs is 1. The molecule has 1 saturated heterocycles. The summed E-state index contributed by atoms with van der Waals surface area (Å²) in [6, 6.07) is 14.8. The molecule has 31 heavy (non-hydrogen) atoms. The van der Waals surface area contributed by atoms with Gasteiger partial charge in [0.1, 0.15) is 0 Å². The van der Waals surface area contributed by atoms with Crippen molar-refractivity contribution in [2.24, 2.45) is 17.8 Å². The summed E-state index contributed by atoms with van der Waals surface area (Å²) in [5, 5.41) is 0. The number of hydrogen-bond acceptors (Lipinski definition) is 5. The summed E-state index contributed by atoms with van der Waals surface area (Å²) < 4.78 is 5.31. The minimum absolute atomic E-state index is 0.153. The predicted molar refractivity (Wildman–Crippen MR) is 115 cm³/mol. The molecular weight excluding hydrogens is 394 g/mol. The summed E-state index contributed by atoms with van der Waals surface area (Å²) in [7, 11) is 0. The lowest BCUT2D eigenvalue weighted by Crippen LogP contribution is -2.31. The molecule has 1 aliphatic carbocycles. The second kappa shape index (κ2) is 8.46. The maximum atomic E-state index is 12.8. The Morgan fingerprint density at radius 3 is 2.23 bits per heavy atom. The van der Waals surface area contributed by atoms with Crippen LogP contribution in [0.3, 0.4) is 0 Å². The number of ether oxygens (including phenoxy) is 1. The first kappa shape index (κ1) is 21.0. The zero-order valence-corrected chi connectivity index (χ0v) is 17.6. The Kier molecular flexibility index (Phi) is 5.72. The van der Waals surface area contributed by atoms with E-state index >= 15 is 0 Å². The molecule has 1 heterocycles. The largest absolute Gasteiger partial charge is 0.451 e. The van der Waals surface area contributed by atoms with Gasteiger partial charge < -0.3 is 4.74 Å². The lowest BCUT2D eigenvalue weighted by Gasteiger charge is -2.25. The van der Waals surface area contributed by atoms with Gasteiger partial charge in [0.25, 0.3) is 0 Å². The molecular formula is C25H25NO5. The molecule has 4 atom stereocenters. The molecule has 2 fully saturated rings. The van der Waals surface area contributed by atoms with E-state index in [1.165, 1.54) is 24.0 Å². The van der Waals surface area contributed by atoms with Crippen LogP contribution in [0, 0.1) is 17.8 Å². The number of nitrogens with zero attached hydrogens (tertiary/aromatic N) is 1. The van der Waals surface area contributed by atoms with Gasteiger partial charge in [-0.1, -0.05) is 37.3 Å². The van der Waals surface area contributed by atoms with E-state index in [0.717, 1.165) is 19.3 Å². The SMILES string of the molecule is C[C@H]1CC[C@H]2C(=O)N(c3ccc(C(=O)O[C@@H](C)C(=O)c4ccccc4)cc3)C(=O)[C@@H]2C1. The zero-order chi connectivity index (χ0) is 22.1. The lowest BCUT2D eigenvalue weighted by molar-refractivity contribution is -0.122. The Hall–Kier alpha value is -3.28. The van der Waals surface area contributed by atoms with Crippen LogP contribution in [0.2, 0.25) is 0 Å². The van der Waals surface area contributed by atoms with E-state index in [9.17, 15) is 19.2 Å². The minimum atomic E-state index is -0.929. The average molecular weight is 419 g/mol. The Bertz CT molecular complexity index is 1010. The number of Topliss-reactive ketones (excluding diaryl/α,β-unsaturated/α-hetero) is 1. The molecule has 4 rings (SSSR count). The standard InChI is InChI=1S/C25H25NO5/c1-15-8-13-20-21(14-15)24(29)26(23(20)28)19-11-9-18(10-12-19)25(30)31-16(2)22(27)17-6-4-3-5-7-17/h3-7,9-12,15-16,20-21H,8,13-14H2,1-2H3/t15-,16-,20+,21+/m0/s1. The third kappa shape index (κ3) is 4.02. The van der Waals surface area contributed by atoms with Crippen molar-refractivity contribution >= 4 is 29.3 Å². The van der Waals surface area contributed by atoms with E-state index in [1.807, 2.05) is 0 Å². The fourth-order valence-electron chi connectivity index (χ4n) is 4.51. The highest BCUT2D eigenvalue weighted by Gasteiger charge is 2.49. The second-order valence-electron chi connectivity index (χ2n) is 8.47. The fourth-order valence-corrected chi connectivity index (χ4v) is 4.51. The van der Waals surface area contributed by atoms with Gasteiger partial charge in [-0.2, -0.15) is 0 Å². The third-order valence-electron chi connectivity index (χ3n) is 6.26. The van der Waals surface area contributed by atoms with Crippen molar-refractivity contribution < 1.29 is 23.9 Å². The number of amides is 2. The number of rotatable bonds is 5. The molecule has 0 radical (unpaired) electrons. The highest BCUT2D eigenvalue weighted by atomic mass is 16.5. The Balaban J connectivity index is 1.44.